The van der Waals surface area contributed by atoms with E-state index in [9.17, 15) is 4.39 Å². The Kier molecular flexibility index (Phi) is 4.60. The van der Waals surface area contributed by atoms with Crippen LogP contribution in [-0.4, -0.2) is 9.78 Å². The summed E-state index contributed by atoms with van der Waals surface area (Å²) in [4.78, 5) is 0. The van der Waals surface area contributed by atoms with Crippen LogP contribution in [0.15, 0.2) is 22.7 Å². The molecule has 0 amide bonds. The second kappa shape index (κ2) is 6.06. The summed E-state index contributed by atoms with van der Waals surface area (Å²) in [5, 5.41) is 4.44. The van der Waals surface area contributed by atoms with Crippen molar-refractivity contribution in [2.24, 2.45) is 12.8 Å². The smallest absolute Gasteiger partial charge is 0.128 e. The number of benzene rings is 1. The van der Waals surface area contributed by atoms with Gasteiger partial charge in [0.2, 0.25) is 0 Å². The van der Waals surface area contributed by atoms with E-state index in [0.717, 1.165) is 27.8 Å². The van der Waals surface area contributed by atoms with Gasteiger partial charge in [0, 0.05) is 25.1 Å². The fraction of sp³-hybridized carbons (Fsp3) is 0.400. The SMILES string of the molecule is CCc1nn(C)c(CC(N)c2cc(C)ccc2F)c1Br. The molecule has 2 aromatic rings. The molecule has 1 heterocycles. The predicted molar refractivity (Wildman–Crippen MR) is 82.1 cm³/mol. The van der Waals surface area contributed by atoms with Crippen molar-refractivity contribution in [1.82, 2.24) is 9.78 Å². The number of hydrogen-bond donors (Lipinski definition) is 1. The average Bonchev–Trinajstić information content (AvgIpc) is 2.68. The fourth-order valence-electron chi connectivity index (χ4n) is 2.31. The Labute approximate surface area is 127 Å². The molecular weight excluding hydrogens is 321 g/mol. The van der Waals surface area contributed by atoms with Gasteiger partial charge in [-0.15, -0.1) is 0 Å². The lowest BCUT2D eigenvalue weighted by molar-refractivity contribution is 0.567. The first-order valence-electron chi connectivity index (χ1n) is 6.65. The maximum atomic E-state index is 13.9. The van der Waals surface area contributed by atoms with Crippen molar-refractivity contribution in [2.75, 3.05) is 0 Å². The van der Waals surface area contributed by atoms with Crippen molar-refractivity contribution in [1.29, 1.82) is 0 Å². The number of rotatable bonds is 4. The third-order valence-electron chi connectivity index (χ3n) is 3.47. The van der Waals surface area contributed by atoms with Gasteiger partial charge in [0.05, 0.1) is 15.9 Å². The zero-order valence-corrected chi connectivity index (χ0v) is 13.5. The average molecular weight is 340 g/mol. The minimum absolute atomic E-state index is 0.253. The fourth-order valence-corrected chi connectivity index (χ4v) is 3.09. The van der Waals surface area contributed by atoms with Crippen molar-refractivity contribution < 1.29 is 4.39 Å². The molecule has 2 rings (SSSR count). The minimum Gasteiger partial charge on any atom is -0.324 e. The van der Waals surface area contributed by atoms with E-state index < -0.39 is 0 Å². The summed E-state index contributed by atoms with van der Waals surface area (Å²) >= 11 is 3.56. The van der Waals surface area contributed by atoms with Crippen LogP contribution in [0.1, 0.15) is 35.5 Å². The van der Waals surface area contributed by atoms with E-state index in [-0.39, 0.29) is 11.9 Å². The van der Waals surface area contributed by atoms with Crippen LogP contribution >= 0.6 is 15.9 Å². The molecule has 0 aliphatic heterocycles. The summed E-state index contributed by atoms with van der Waals surface area (Å²) in [6, 6.07) is 4.65. The van der Waals surface area contributed by atoms with Gasteiger partial charge in [0.15, 0.2) is 0 Å². The van der Waals surface area contributed by atoms with E-state index in [0.29, 0.717) is 12.0 Å². The third kappa shape index (κ3) is 2.94. The molecule has 5 heteroatoms. The van der Waals surface area contributed by atoms with Gasteiger partial charge in [0.1, 0.15) is 5.82 Å². The Balaban J connectivity index is 2.30. The minimum atomic E-state index is -0.383. The van der Waals surface area contributed by atoms with E-state index in [1.54, 1.807) is 6.07 Å². The Morgan fingerprint density at radius 1 is 1.45 bits per heavy atom. The number of aromatic nitrogens is 2. The number of hydrogen-bond acceptors (Lipinski definition) is 2. The molecule has 0 saturated carbocycles. The van der Waals surface area contributed by atoms with Crippen LogP contribution in [-0.2, 0) is 19.9 Å². The maximum absolute atomic E-state index is 13.9. The van der Waals surface area contributed by atoms with Gasteiger partial charge in [-0.3, -0.25) is 4.68 Å². The Morgan fingerprint density at radius 2 is 2.15 bits per heavy atom. The van der Waals surface area contributed by atoms with Crippen LogP contribution < -0.4 is 5.73 Å². The molecule has 0 bridgehead atoms. The van der Waals surface area contributed by atoms with Crippen LogP contribution in [0.25, 0.3) is 0 Å². The van der Waals surface area contributed by atoms with Crippen molar-refractivity contribution in [3.63, 3.8) is 0 Å². The first-order valence-corrected chi connectivity index (χ1v) is 7.45. The second-order valence-corrected chi connectivity index (χ2v) is 5.81. The molecule has 0 radical (unpaired) electrons. The zero-order chi connectivity index (χ0) is 14.9. The van der Waals surface area contributed by atoms with Gasteiger partial charge in [0.25, 0.3) is 0 Å². The molecule has 0 saturated heterocycles. The molecule has 3 nitrogen and oxygen atoms in total. The van der Waals surface area contributed by atoms with Crippen molar-refractivity contribution in [3.05, 3.63) is 51.0 Å². The van der Waals surface area contributed by atoms with E-state index in [4.69, 9.17) is 5.73 Å². The quantitative estimate of drug-likeness (QED) is 0.927. The molecule has 0 spiro atoms. The highest BCUT2D eigenvalue weighted by molar-refractivity contribution is 9.10. The number of nitrogens with zero attached hydrogens (tertiary/aromatic N) is 2. The molecule has 1 aromatic heterocycles. The highest BCUT2D eigenvalue weighted by atomic mass is 79.9. The lowest BCUT2D eigenvalue weighted by atomic mass is 10.00. The summed E-state index contributed by atoms with van der Waals surface area (Å²) in [6.45, 7) is 3.99. The maximum Gasteiger partial charge on any atom is 0.128 e. The summed E-state index contributed by atoms with van der Waals surface area (Å²) < 4.78 is 16.7. The number of nitrogens with two attached hydrogens (primary N) is 1. The monoisotopic (exact) mass is 339 g/mol. The molecular formula is C15H19BrFN3. The molecule has 0 aliphatic rings. The topological polar surface area (TPSA) is 43.8 Å². The Morgan fingerprint density at radius 3 is 2.75 bits per heavy atom. The van der Waals surface area contributed by atoms with Crippen LogP contribution in [0.3, 0.4) is 0 Å². The third-order valence-corrected chi connectivity index (χ3v) is 4.38. The summed E-state index contributed by atoms with van der Waals surface area (Å²) in [5.74, 6) is -0.253. The summed E-state index contributed by atoms with van der Waals surface area (Å²) in [5.41, 5.74) is 9.74. The van der Waals surface area contributed by atoms with Crippen molar-refractivity contribution >= 4 is 15.9 Å². The molecule has 2 N–H and O–H groups in total. The van der Waals surface area contributed by atoms with E-state index >= 15 is 0 Å². The van der Waals surface area contributed by atoms with Gasteiger partial charge >= 0.3 is 0 Å². The summed E-state index contributed by atoms with van der Waals surface area (Å²) in [7, 11) is 1.89. The van der Waals surface area contributed by atoms with Gasteiger partial charge < -0.3 is 5.73 Å². The Bertz CT molecular complexity index is 622. The highest BCUT2D eigenvalue weighted by Crippen LogP contribution is 2.27. The molecule has 20 heavy (non-hydrogen) atoms. The van der Waals surface area contributed by atoms with Gasteiger partial charge in [-0.25, -0.2) is 4.39 Å². The summed E-state index contributed by atoms with van der Waals surface area (Å²) in [6.07, 6.45) is 1.40. The first kappa shape index (κ1) is 15.2. The zero-order valence-electron chi connectivity index (χ0n) is 12.0. The molecule has 1 aromatic carbocycles. The van der Waals surface area contributed by atoms with Crippen LogP contribution in [0.2, 0.25) is 0 Å². The van der Waals surface area contributed by atoms with Crippen LogP contribution in [0, 0.1) is 12.7 Å². The lowest BCUT2D eigenvalue weighted by Crippen LogP contribution is -2.17. The molecule has 108 valence electrons. The standard InChI is InChI=1S/C15H19BrFN3/c1-4-13-15(16)14(20(3)19-13)8-12(18)10-7-9(2)5-6-11(10)17/h5-7,12H,4,8,18H2,1-3H3. The number of halogens is 2. The van der Waals surface area contributed by atoms with Gasteiger partial charge in [-0.2, -0.15) is 5.10 Å². The lowest BCUT2D eigenvalue weighted by Gasteiger charge is -2.14. The van der Waals surface area contributed by atoms with Crippen LogP contribution in [0.5, 0.6) is 0 Å². The number of aryl methyl sites for hydroxylation is 3. The molecule has 1 unspecified atom stereocenters. The molecule has 0 aliphatic carbocycles. The van der Waals surface area contributed by atoms with E-state index in [2.05, 4.69) is 28.0 Å². The second-order valence-electron chi connectivity index (χ2n) is 5.02. The predicted octanol–water partition coefficient (Wildman–Crippen LogP) is 3.44. The molecule has 0 fully saturated rings. The van der Waals surface area contributed by atoms with E-state index in [1.807, 2.05) is 24.7 Å². The van der Waals surface area contributed by atoms with Crippen molar-refractivity contribution in [3.8, 4) is 0 Å². The van der Waals surface area contributed by atoms with Crippen LogP contribution in [0.4, 0.5) is 4.39 Å². The molecule has 1 atom stereocenters. The first-order chi connectivity index (χ1) is 9.43. The highest BCUT2D eigenvalue weighted by Gasteiger charge is 2.18. The van der Waals surface area contributed by atoms with E-state index in [1.165, 1.54) is 6.07 Å². The van der Waals surface area contributed by atoms with Gasteiger partial charge in [-0.05, 0) is 35.3 Å². The normalized spacial score (nSPS) is 12.7. The Hall–Kier alpha value is -1.20. The largest absolute Gasteiger partial charge is 0.324 e. The van der Waals surface area contributed by atoms with Crippen molar-refractivity contribution in [2.45, 2.75) is 32.7 Å². The van der Waals surface area contributed by atoms with Gasteiger partial charge in [-0.1, -0.05) is 24.6 Å².